The topological polar surface area (TPSA) is 89.8 Å². The summed E-state index contributed by atoms with van der Waals surface area (Å²) in [7, 11) is 0. The van der Waals surface area contributed by atoms with Crippen molar-refractivity contribution in [1.29, 1.82) is 0 Å². The minimum absolute atomic E-state index is 0.0975. The fourth-order valence-electron chi connectivity index (χ4n) is 1.46. The highest BCUT2D eigenvalue weighted by Crippen LogP contribution is 2.13. The Balaban J connectivity index is 2.79. The first-order valence-electron chi connectivity index (χ1n) is 5.12. The van der Waals surface area contributed by atoms with Gasteiger partial charge in [0.25, 0.3) is 0 Å². The third-order valence-corrected chi connectivity index (χ3v) is 2.55. The average Bonchev–Trinajstić information content (AvgIpc) is 2.18. The molecule has 5 nitrogen and oxygen atoms in total. The zero-order valence-electron chi connectivity index (χ0n) is 9.30. The molecule has 94 valence electrons. The van der Waals surface area contributed by atoms with Crippen LogP contribution in [-0.4, -0.2) is 33.7 Å². The number of hydrogen-bond acceptors (Lipinski definition) is 4. The van der Waals surface area contributed by atoms with Crippen molar-refractivity contribution in [3.63, 3.8) is 0 Å². The maximum absolute atomic E-state index is 10.9. The number of nitrogens with one attached hydrogen (secondary N) is 1. The Morgan fingerprint density at radius 2 is 1.88 bits per heavy atom. The largest absolute Gasteiger partial charge is 0.558 e. The lowest BCUT2D eigenvalue weighted by atomic mass is 9.67. The van der Waals surface area contributed by atoms with Gasteiger partial charge in [-0.25, -0.2) is 0 Å². The monoisotopic (exact) mass is 258 g/mol. The highest BCUT2D eigenvalue weighted by molar-refractivity contribution is 6.58. The Morgan fingerprint density at radius 3 is 2.29 bits per heavy atom. The molecule has 4 N–H and O–H groups in total. The summed E-state index contributed by atoms with van der Waals surface area (Å²) in [6.45, 7) is -2.38. The molecule has 0 fully saturated rings. The maximum atomic E-state index is 10.9. The summed E-state index contributed by atoms with van der Waals surface area (Å²) >= 11 is 5.71. The van der Waals surface area contributed by atoms with Crippen LogP contribution in [0, 0.1) is 0 Å². The van der Waals surface area contributed by atoms with Crippen LogP contribution in [0.4, 0.5) is 0 Å². The molecule has 0 aromatic heterocycles. The van der Waals surface area contributed by atoms with Gasteiger partial charge in [0.1, 0.15) is 0 Å². The molecule has 0 spiro atoms. The van der Waals surface area contributed by atoms with E-state index in [1.165, 1.54) is 6.92 Å². The Morgan fingerprint density at radius 1 is 1.35 bits per heavy atom. The Hall–Kier alpha value is -1.08. The first-order chi connectivity index (χ1) is 7.79. The quantitative estimate of drug-likeness (QED) is 0.565. The van der Waals surface area contributed by atoms with Gasteiger partial charge in [-0.3, -0.25) is 4.79 Å². The zero-order valence-corrected chi connectivity index (χ0v) is 10.1. The van der Waals surface area contributed by atoms with E-state index in [1.807, 2.05) is 0 Å². The van der Waals surface area contributed by atoms with Gasteiger partial charge >= 0.3 is 6.75 Å². The summed E-state index contributed by atoms with van der Waals surface area (Å²) in [5.41, 5.74) is 0.719. The van der Waals surface area contributed by atoms with Crippen LogP contribution in [0.1, 0.15) is 12.5 Å². The van der Waals surface area contributed by atoms with E-state index in [0.717, 1.165) is 5.56 Å². The molecule has 17 heavy (non-hydrogen) atoms. The van der Waals surface area contributed by atoms with Gasteiger partial charge in [-0.15, -0.1) is 0 Å². The van der Waals surface area contributed by atoms with Crippen molar-refractivity contribution in [2.75, 3.05) is 0 Å². The molecule has 0 aliphatic carbocycles. The van der Waals surface area contributed by atoms with Gasteiger partial charge in [-0.2, -0.15) is 0 Å². The predicted molar refractivity (Wildman–Crippen MR) is 65.2 cm³/mol. The molecule has 1 rings (SSSR count). The second kappa shape index (κ2) is 5.51. The lowest BCUT2D eigenvalue weighted by Gasteiger charge is -2.32. The molecule has 7 heteroatoms. The fourth-order valence-corrected chi connectivity index (χ4v) is 1.58. The minimum Gasteiger partial charge on any atom is -0.558 e. The van der Waals surface area contributed by atoms with Crippen molar-refractivity contribution < 1.29 is 19.9 Å². The molecule has 1 amide bonds. The van der Waals surface area contributed by atoms with E-state index < -0.39 is 18.6 Å². The molecule has 0 aliphatic heterocycles. The lowest BCUT2D eigenvalue weighted by molar-refractivity contribution is -0.119. The van der Waals surface area contributed by atoms with Crippen molar-refractivity contribution in [1.82, 2.24) is 5.32 Å². The maximum Gasteiger partial charge on any atom is 0.394 e. The normalized spacial score (nSPS) is 13.2. The van der Waals surface area contributed by atoms with E-state index >= 15 is 0 Å². The van der Waals surface area contributed by atoms with E-state index in [2.05, 4.69) is 5.32 Å². The van der Waals surface area contributed by atoms with E-state index in [-0.39, 0.29) is 6.42 Å². The van der Waals surface area contributed by atoms with Crippen molar-refractivity contribution >= 4 is 24.3 Å². The summed E-state index contributed by atoms with van der Waals surface area (Å²) in [5.74, 6) is -1.60. The van der Waals surface area contributed by atoms with E-state index in [4.69, 9.17) is 11.6 Å². The van der Waals surface area contributed by atoms with Crippen LogP contribution in [0.15, 0.2) is 24.3 Å². The van der Waals surface area contributed by atoms with Gasteiger partial charge in [0.05, 0.1) is 0 Å². The minimum atomic E-state index is -3.62. The molecule has 0 saturated heterocycles. The average molecular weight is 258 g/mol. The summed E-state index contributed by atoms with van der Waals surface area (Å²) in [6.07, 6.45) is 0.0975. The smallest absolute Gasteiger partial charge is 0.394 e. The van der Waals surface area contributed by atoms with Crippen LogP contribution in [0.3, 0.4) is 0 Å². The Bertz CT molecular complexity index is 390. The SMILES string of the molecule is CC(=O)N[C@@H](Cc1ccc(Cl)cc1)[B-](O)(O)O. The van der Waals surface area contributed by atoms with Gasteiger partial charge in [0, 0.05) is 11.9 Å². The van der Waals surface area contributed by atoms with Crippen molar-refractivity contribution in [3.05, 3.63) is 34.9 Å². The van der Waals surface area contributed by atoms with Gasteiger partial charge < -0.3 is 20.4 Å². The van der Waals surface area contributed by atoms with Gasteiger partial charge in [0.15, 0.2) is 0 Å². The van der Waals surface area contributed by atoms with Crippen LogP contribution >= 0.6 is 11.6 Å². The third kappa shape index (κ3) is 4.74. The number of carbonyl (C=O) groups is 1. The van der Waals surface area contributed by atoms with Gasteiger partial charge in [-0.05, 0) is 30.1 Å². The molecule has 1 aromatic carbocycles. The van der Waals surface area contributed by atoms with Crippen LogP contribution in [0.5, 0.6) is 0 Å². The van der Waals surface area contributed by atoms with Crippen LogP contribution in [0.25, 0.3) is 0 Å². The summed E-state index contributed by atoms with van der Waals surface area (Å²) in [4.78, 5) is 10.9. The van der Waals surface area contributed by atoms with E-state index in [1.54, 1.807) is 24.3 Å². The van der Waals surface area contributed by atoms with Crippen LogP contribution in [-0.2, 0) is 11.2 Å². The summed E-state index contributed by atoms with van der Waals surface area (Å²) in [6, 6.07) is 6.64. The summed E-state index contributed by atoms with van der Waals surface area (Å²) < 4.78 is 0. The molecule has 0 unspecified atom stereocenters. The number of amides is 1. The molecule has 0 heterocycles. The van der Waals surface area contributed by atoms with E-state index in [0.29, 0.717) is 5.02 Å². The highest BCUT2D eigenvalue weighted by atomic mass is 35.5. The van der Waals surface area contributed by atoms with Gasteiger partial charge in [-0.1, -0.05) is 23.7 Å². The molecular weight excluding hydrogens is 244 g/mol. The molecule has 1 atom stereocenters. The summed E-state index contributed by atoms with van der Waals surface area (Å²) in [5, 5.41) is 30.4. The number of hydrogen-bond donors (Lipinski definition) is 4. The first kappa shape index (κ1) is 14.0. The lowest BCUT2D eigenvalue weighted by Crippen LogP contribution is -2.58. The van der Waals surface area contributed by atoms with Gasteiger partial charge in [0.2, 0.25) is 5.91 Å². The fraction of sp³-hybridized carbons (Fsp3) is 0.300. The molecule has 1 aromatic rings. The predicted octanol–water partition coefficient (Wildman–Crippen LogP) is -0.158. The second-order valence-corrected chi connectivity index (χ2v) is 4.37. The third-order valence-electron chi connectivity index (χ3n) is 2.30. The highest BCUT2D eigenvalue weighted by Gasteiger charge is 2.29. The first-order valence-corrected chi connectivity index (χ1v) is 5.50. The van der Waals surface area contributed by atoms with Crippen molar-refractivity contribution in [3.8, 4) is 0 Å². The molecule has 0 saturated carbocycles. The van der Waals surface area contributed by atoms with Crippen molar-refractivity contribution in [2.24, 2.45) is 0 Å². The Labute approximate surface area is 104 Å². The van der Waals surface area contributed by atoms with Crippen LogP contribution in [0.2, 0.25) is 5.02 Å². The van der Waals surface area contributed by atoms with Crippen molar-refractivity contribution in [2.45, 2.75) is 19.3 Å². The number of benzene rings is 1. The second-order valence-electron chi connectivity index (χ2n) is 3.93. The molecule has 0 aliphatic rings. The standard InChI is InChI=1S/C10H14BClNO4/c1-7(14)13-10(11(15,16)17)6-8-2-4-9(12)5-3-8/h2-5,10,15-17H,6H2,1H3,(H,13,14)/q-1/t10-/m0/s1. The Kier molecular flexibility index (Phi) is 4.53. The molecule has 0 radical (unpaired) electrons. The number of carbonyl (C=O) groups excluding carboxylic acids is 1. The number of halogens is 1. The number of rotatable bonds is 4. The van der Waals surface area contributed by atoms with Crippen LogP contribution < -0.4 is 5.32 Å². The zero-order chi connectivity index (χ0) is 13.1. The molecular formula is C10H14BClNO4-. The molecule has 0 bridgehead atoms. The van der Waals surface area contributed by atoms with E-state index in [9.17, 15) is 19.9 Å².